The second-order valence-corrected chi connectivity index (χ2v) is 3.90. The van der Waals surface area contributed by atoms with Crippen molar-refractivity contribution < 1.29 is 9.38 Å². The lowest BCUT2D eigenvalue weighted by Crippen LogP contribution is -2.50. The molecule has 0 atom stereocenters. The van der Waals surface area contributed by atoms with Crippen LogP contribution in [0.5, 0.6) is 0 Å². The van der Waals surface area contributed by atoms with Gasteiger partial charge in [0.2, 0.25) is 0 Å². The monoisotopic (exact) mass is 187 g/mol. The van der Waals surface area contributed by atoms with E-state index in [2.05, 4.69) is 6.92 Å². The Balaban J connectivity index is 2.10. The van der Waals surface area contributed by atoms with Crippen LogP contribution >= 0.6 is 0 Å². The summed E-state index contributed by atoms with van der Waals surface area (Å²) in [6.07, 6.45) is 4.79. The highest BCUT2D eigenvalue weighted by atomic mass is 16.6. The number of hydroxylamine groups is 3. The maximum absolute atomic E-state index is 11.9. The third-order valence-electron chi connectivity index (χ3n) is 2.71. The van der Waals surface area contributed by atoms with Crippen molar-refractivity contribution >= 4 is 0 Å². The van der Waals surface area contributed by atoms with Crippen molar-refractivity contribution in [1.29, 1.82) is 0 Å². The van der Waals surface area contributed by atoms with Gasteiger partial charge in [-0.05, 0) is 12.8 Å². The van der Waals surface area contributed by atoms with Gasteiger partial charge in [0.25, 0.3) is 0 Å². The number of hydrogen-bond acceptors (Lipinski definition) is 2. The van der Waals surface area contributed by atoms with Crippen molar-refractivity contribution in [2.45, 2.75) is 32.6 Å². The maximum atomic E-state index is 11.9. The van der Waals surface area contributed by atoms with Gasteiger partial charge in [0.1, 0.15) is 13.1 Å². The van der Waals surface area contributed by atoms with Crippen molar-refractivity contribution in [3.63, 3.8) is 0 Å². The van der Waals surface area contributed by atoms with Gasteiger partial charge in [-0.2, -0.15) is 0 Å². The molecule has 1 aliphatic heterocycles. The summed E-state index contributed by atoms with van der Waals surface area (Å²) in [6.45, 7) is 5.60. The molecular weight excluding hydrogens is 166 g/mol. The molecule has 0 spiro atoms. The molecule has 78 valence electrons. The van der Waals surface area contributed by atoms with E-state index in [1.54, 1.807) is 0 Å². The molecular formula is C10H21NO2. The minimum absolute atomic E-state index is 0.0102. The standard InChI is InChI=1S/C10H21NO2/c1-2-3-4-5-6-11(12)7-9-13-10-8-11/h2-10H2,1H3. The first-order chi connectivity index (χ1) is 6.27. The predicted molar refractivity (Wildman–Crippen MR) is 53.2 cm³/mol. The minimum Gasteiger partial charge on any atom is -0.633 e. The number of rotatable bonds is 5. The lowest BCUT2D eigenvalue weighted by atomic mass is 10.2. The molecule has 13 heavy (non-hydrogen) atoms. The number of morpholine rings is 1. The Labute approximate surface area is 80.8 Å². The third kappa shape index (κ3) is 4.07. The second-order valence-electron chi connectivity index (χ2n) is 3.90. The van der Waals surface area contributed by atoms with Crippen LogP contribution in [0.4, 0.5) is 0 Å². The fourth-order valence-corrected chi connectivity index (χ4v) is 1.73. The molecule has 1 rings (SSSR count). The number of hydrogen-bond donors (Lipinski definition) is 0. The largest absolute Gasteiger partial charge is 0.633 e. The van der Waals surface area contributed by atoms with Crippen molar-refractivity contribution in [3.8, 4) is 0 Å². The predicted octanol–water partition coefficient (Wildman–Crippen LogP) is 1.91. The molecule has 0 unspecified atom stereocenters. The van der Waals surface area contributed by atoms with Crippen LogP contribution in [0.2, 0.25) is 0 Å². The van der Waals surface area contributed by atoms with Crippen molar-refractivity contribution in [2.75, 3.05) is 32.8 Å². The minimum atomic E-state index is -0.0102. The molecule has 0 aromatic heterocycles. The van der Waals surface area contributed by atoms with Crippen LogP contribution in [0.1, 0.15) is 32.6 Å². The summed E-state index contributed by atoms with van der Waals surface area (Å²) < 4.78 is 5.17. The summed E-state index contributed by atoms with van der Waals surface area (Å²) in [6, 6.07) is 0. The van der Waals surface area contributed by atoms with E-state index >= 15 is 0 Å². The highest BCUT2D eigenvalue weighted by Gasteiger charge is 2.19. The Bertz CT molecular complexity index is 133. The number of unbranched alkanes of at least 4 members (excludes halogenated alkanes) is 3. The molecule has 1 fully saturated rings. The molecule has 0 radical (unpaired) electrons. The van der Waals surface area contributed by atoms with Gasteiger partial charge in [-0.25, -0.2) is 0 Å². The molecule has 1 aliphatic rings. The highest BCUT2D eigenvalue weighted by molar-refractivity contribution is 4.51. The molecule has 0 aliphatic carbocycles. The zero-order valence-electron chi connectivity index (χ0n) is 8.63. The van der Waals surface area contributed by atoms with Crippen LogP contribution in [0.15, 0.2) is 0 Å². The van der Waals surface area contributed by atoms with E-state index in [9.17, 15) is 5.21 Å². The quantitative estimate of drug-likeness (QED) is 0.374. The SMILES string of the molecule is CCCCCC[N+]1([O-])CCOCC1. The summed E-state index contributed by atoms with van der Waals surface area (Å²) in [5, 5.41) is 11.9. The van der Waals surface area contributed by atoms with E-state index in [1.807, 2.05) is 0 Å². The fourth-order valence-electron chi connectivity index (χ4n) is 1.73. The maximum Gasteiger partial charge on any atom is 0.102 e. The summed E-state index contributed by atoms with van der Waals surface area (Å²) in [5.74, 6) is 0. The zero-order valence-corrected chi connectivity index (χ0v) is 8.63. The molecule has 0 aromatic carbocycles. The molecule has 0 aromatic rings. The molecule has 0 bridgehead atoms. The molecule has 3 nitrogen and oxygen atoms in total. The highest BCUT2D eigenvalue weighted by Crippen LogP contribution is 2.12. The van der Waals surface area contributed by atoms with Gasteiger partial charge < -0.3 is 14.6 Å². The average molecular weight is 187 g/mol. The van der Waals surface area contributed by atoms with E-state index in [0.717, 1.165) is 13.0 Å². The normalized spacial score (nSPS) is 21.7. The number of nitrogens with zero attached hydrogens (tertiary/aromatic N) is 1. The summed E-state index contributed by atoms with van der Waals surface area (Å²) in [7, 11) is 0. The van der Waals surface area contributed by atoms with Crippen LogP contribution < -0.4 is 0 Å². The summed E-state index contributed by atoms with van der Waals surface area (Å²) in [5.41, 5.74) is 0. The van der Waals surface area contributed by atoms with E-state index in [-0.39, 0.29) is 4.65 Å². The zero-order chi connectivity index (χ0) is 9.57. The first kappa shape index (κ1) is 11.0. The van der Waals surface area contributed by atoms with Crippen LogP contribution in [0.3, 0.4) is 0 Å². The van der Waals surface area contributed by atoms with E-state index in [0.29, 0.717) is 26.3 Å². The van der Waals surface area contributed by atoms with E-state index in [4.69, 9.17) is 4.74 Å². The van der Waals surface area contributed by atoms with Crippen LogP contribution in [0.25, 0.3) is 0 Å². The summed E-state index contributed by atoms with van der Waals surface area (Å²) >= 11 is 0. The van der Waals surface area contributed by atoms with Crippen molar-refractivity contribution in [3.05, 3.63) is 5.21 Å². The third-order valence-corrected chi connectivity index (χ3v) is 2.71. The number of quaternary nitrogens is 1. The molecule has 1 heterocycles. The van der Waals surface area contributed by atoms with Crippen LogP contribution in [-0.4, -0.2) is 37.5 Å². The van der Waals surface area contributed by atoms with Gasteiger partial charge in [-0.1, -0.05) is 19.8 Å². The molecule has 0 saturated carbocycles. The Morgan fingerprint density at radius 1 is 1.15 bits per heavy atom. The topological polar surface area (TPSA) is 32.3 Å². The van der Waals surface area contributed by atoms with Gasteiger partial charge >= 0.3 is 0 Å². The van der Waals surface area contributed by atoms with Gasteiger partial charge in [-0.15, -0.1) is 0 Å². The van der Waals surface area contributed by atoms with Gasteiger partial charge in [0, 0.05) is 0 Å². The Morgan fingerprint density at radius 3 is 2.46 bits per heavy atom. The fraction of sp³-hybridized carbons (Fsp3) is 1.00. The van der Waals surface area contributed by atoms with Crippen LogP contribution in [0, 0.1) is 5.21 Å². The first-order valence-electron chi connectivity index (χ1n) is 5.42. The lowest BCUT2D eigenvalue weighted by molar-refractivity contribution is -0.888. The molecule has 0 amide bonds. The Kier molecular flexibility index (Phi) is 4.70. The van der Waals surface area contributed by atoms with Gasteiger partial charge in [0.05, 0.1) is 19.8 Å². The van der Waals surface area contributed by atoms with Crippen molar-refractivity contribution in [1.82, 2.24) is 0 Å². The van der Waals surface area contributed by atoms with Gasteiger partial charge in [-0.3, -0.25) is 0 Å². The van der Waals surface area contributed by atoms with Crippen LogP contribution in [-0.2, 0) is 4.74 Å². The molecule has 3 heteroatoms. The second kappa shape index (κ2) is 5.58. The lowest BCUT2D eigenvalue weighted by Gasteiger charge is -2.45. The Morgan fingerprint density at radius 2 is 1.85 bits per heavy atom. The smallest absolute Gasteiger partial charge is 0.102 e. The van der Waals surface area contributed by atoms with E-state index in [1.165, 1.54) is 19.3 Å². The Hall–Kier alpha value is -0.120. The van der Waals surface area contributed by atoms with Gasteiger partial charge in [0.15, 0.2) is 0 Å². The molecule has 0 N–H and O–H groups in total. The number of ether oxygens (including phenoxy) is 1. The molecule has 1 saturated heterocycles. The van der Waals surface area contributed by atoms with Crippen molar-refractivity contribution in [2.24, 2.45) is 0 Å². The average Bonchev–Trinajstić information content (AvgIpc) is 2.14. The summed E-state index contributed by atoms with van der Waals surface area (Å²) in [4.78, 5) is 0. The first-order valence-corrected chi connectivity index (χ1v) is 5.42. The van der Waals surface area contributed by atoms with E-state index < -0.39 is 0 Å².